The Balaban J connectivity index is 1.49. The van der Waals surface area contributed by atoms with Gasteiger partial charge in [-0.2, -0.15) is 0 Å². The lowest BCUT2D eigenvalue weighted by Crippen LogP contribution is -2.37. The number of aromatic nitrogens is 2. The van der Waals surface area contributed by atoms with Crippen LogP contribution in [-0.4, -0.2) is 84.3 Å². The monoisotopic (exact) mass is 475 g/mol. The van der Waals surface area contributed by atoms with Gasteiger partial charge in [0.15, 0.2) is 0 Å². The van der Waals surface area contributed by atoms with Gasteiger partial charge in [0.2, 0.25) is 15.9 Å². The fraction of sp³-hybridized carbons (Fsp3) is 0.667. The molecule has 0 bridgehead atoms. The Morgan fingerprint density at radius 3 is 2.64 bits per heavy atom. The molecular weight excluding hydrogens is 438 g/mol. The third-order valence-electron chi connectivity index (χ3n) is 7.05. The number of rotatable bonds is 9. The highest BCUT2D eigenvalue weighted by Crippen LogP contribution is 2.25. The first-order valence-electron chi connectivity index (χ1n) is 12.2. The number of imidazole rings is 1. The van der Waals surface area contributed by atoms with E-state index < -0.39 is 10.0 Å². The van der Waals surface area contributed by atoms with Crippen LogP contribution in [-0.2, 0) is 27.8 Å². The van der Waals surface area contributed by atoms with E-state index in [-0.39, 0.29) is 10.8 Å². The average molecular weight is 476 g/mol. The normalized spacial score (nSPS) is 19.9. The van der Waals surface area contributed by atoms with E-state index in [0.717, 1.165) is 50.2 Å². The molecule has 182 valence electrons. The highest BCUT2D eigenvalue weighted by atomic mass is 32.2. The van der Waals surface area contributed by atoms with Crippen LogP contribution in [0.4, 0.5) is 0 Å². The van der Waals surface area contributed by atoms with Crippen LogP contribution >= 0.6 is 0 Å². The minimum absolute atomic E-state index is 0.196. The molecule has 1 aromatic heterocycles. The highest BCUT2D eigenvalue weighted by molar-refractivity contribution is 7.89. The van der Waals surface area contributed by atoms with E-state index in [2.05, 4.69) is 16.4 Å². The van der Waals surface area contributed by atoms with Gasteiger partial charge in [-0.15, -0.1) is 0 Å². The number of aryl methyl sites for hydroxylation is 2. The second kappa shape index (κ2) is 10.1. The summed E-state index contributed by atoms with van der Waals surface area (Å²) in [5, 5.41) is 0. The number of carbonyl (C=O) groups is 1. The Bertz CT molecular complexity index is 1090. The van der Waals surface area contributed by atoms with Crippen LogP contribution < -0.4 is 0 Å². The fourth-order valence-electron chi connectivity index (χ4n) is 5.04. The molecular formula is C24H37N5O3S. The molecule has 0 aliphatic carbocycles. The molecule has 2 fully saturated rings. The first-order chi connectivity index (χ1) is 15.8. The summed E-state index contributed by atoms with van der Waals surface area (Å²) in [6.07, 6.45) is 6.68. The number of amides is 1. The van der Waals surface area contributed by atoms with E-state index in [1.807, 2.05) is 11.0 Å². The molecule has 2 aliphatic heterocycles. The van der Waals surface area contributed by atoms with Crippen LogP contribution in [0.1, 0.15) is 51.3 Å². The van der Waals surface area contributed by atoms with Crippen LogP contribution in [0.15, 0.2) is 23.1 Å². The molecule has 2 saturated heterocycles. The molecule has 33 heavy (non-hydrogen) atoms. The van der Waals surface area contributed by atoms with Crippen molar-refractivity contribution in [3.63, 3.8) is 0 Å². The maximum Gasteiger partial charge on any atom is 0.242 e. The van der Waals surface area contributed by atoms with Crippen molar-refractivity contribution in [1.29, 1.82) is 0 Å². The minimum atomic E-state index is -3.52. The van der Waals surface area contributed by atoms with Gasteiger partial charge in [-0.25, -0.2) is 17.7 Å². The molecule has 0 radical (unpaired) electrons. The minimum Gasteiger partial charge on any atom is -0.341 e. The van der Waals surface area contributed by atoms with Crippen molar-refractivity contribution >= 4 is 27.0 Å². The van der Waals surface area contributed by atoms with Crippen molar-refractivity contribution in [2.24, 2.45) is 0 Å². The Kier molecular flexibility index (Phi) is 7.40. The summed E-state index contributed by atoms with van der Waals surface area (Å²) in [4.78, 5) is 22.5. The summed E-state index contributed by atoms with van der Waals surface area (Å²) in [6, 6.07) is 5.67. The van der Waals surface area contributed by atoms with Gasteiger partial charge in [-0.05, 0) is 57.0 Å². The summed E-state index contributed by atoms with van der Waals surface area (Å²) >= 11 is 0. The number of hydrogen-bond donors (Lipinski definition) is 0. The Hall–Kier alpha value is -1.97. The van der Waals surface area contributed by atoms with Crippen LogP contribution in [0.2, 0.25) is 0 Å². The number of nitrogens with zero attached hydrogens (tertiary/aromatic N) is 5. The first kappa shape index (κ1) is 24.2. The molecule has 2 aromatic rings. The molecule has 4 rings (SSSR count). The largest absolute Gasteiger partial charge is 0.341 e. The van der Waals surface area contributed by atoms with Gasteiger partial charge in [-0.3, -0.25) is 9.69 Å². The molecule has 1 atom stereocenters. The van der Waals surface area contributed by atoms with Crippen LogP contribution in [0.25, 0.3) is 11.0 Å². The van der Waals surface area contributed by atoms with Crippen LogP contribution in [0.3, 0.4) is 0 Å². The molecule has 0 saturated carbocycles. The van der Waals surface area contributed by atoms with Crippen molar-refractivity contribution in [3.8, 4) is 0 Å². The van der Waals surface area contributed by atoms with E-state index in [9.17, 15) is 13.2 Å². The fourth-order valence-corrected chi connectivity index (χ4v) is 5.96. The molecule has 1 amide bonds. The Morgan fingerprint density at radius 2 is 1.94 bits per heavy atom. The number of likely N-dealkylation sites (tertiary alicyclic amines) is 2. The predicted octanol–water partition coefficient (Wildman–Crippen LogP) is 2.72. The highest BCUT2D eigenvalue weighted by Gasteiger charge is 2.31. The SMILES string of the molecule is CCCCn1c(CCC(=O)N2CC[C@@H](N3CCCC3)C2)nc2cc(S(=O)(=O)N(C)C)ccc21. The zero-order chi connectivity index (χ0) is 23.6. The maximum atomic E-state index is 13.0. The maximum absolute atomic E-state index is 13.0. The smallest absolute Gasteiger partial charge is 0.242 e. The molecule has 0 spiro atoms. The molecule has 9 heteroatoms. The van der Waals surface area contributed by atoms with Crippen LogP contribution in [0, 0.1) is 0 Å². The number of sulfonamides is 1. The van der Waals surface area contributed by atoms with Gasteiger partial charge in [-0.1, -0.05) is 13.3 Å². The van der Waals surface area contributed by atoms with Crippen molar-refractivity contribution in [2.45, 2.75) is 69.4 Å². The van der Waals surface area contributed by atoms with Gasteiger partial charge >= 0.3 is 0 Å². The third-order valence-corrected chi connectivity index (χ3v) is 8.86. The molecule has 3 heterocycles. The molecule has 8 nitrogen and oxygen atoms in total. The van der Waals surface area contributed by atoms with Gasteiger partial charge in [0.1, 0.15) is 5.82 Å². The first-order valence-corrected chi connectivity index (χ1v) is 13.7. The van der Waals surface area contributed by atoms with Crippen molar-refractivity contribution < 1.29 is 13.2 Å². The standard InChI is InChI=1S/C24H37N5O3S/c1-4-5-15-29-22-9-8-20(33(31,32)26(2)3)17-21(22)25-23(29)10-11-24(30)28-16-12-19(18-28)27-13-6-7-14-27/h8-9,17,19H,4-7,10-16,18H2,1-3H3/t19-/m1/s1. The summed E-state index contributed by atoms with van der Waals surface area (Å²) < 4.78 is 28.5. The van der Waals surface area contributed by atoms with Gasteiger partial charge in [0.05, 0.1) is 15.9 Å². The van der Waals surface area contributed by atoms with E-state index in [4.69, 9.17) is 4.98 Å². The lowest BCUT2D eigenvalue weighted by molar-refractivity contribution is -0.130. The number of carbonyl (C=O) groups excluding carboxylic acids is 1. The van der Waals surface area contributed by atoms with E-state index in [1.54, 1.807) is 12.1 Å². The van der Waals surface area contributed by atoms with Gasteiger partial charge < -0.3 is 9.47 Å². The number of fused-ring (bicyclic) bond motifs is 1. The average Bonchev–Trinajstić information content (AvgIpc) is 3.55. The zero-order valence-corrected chi connectivity index (χ0v) is 21.0. The lowest BCUT2D eigenvalue weighted by atomic mass is 10.2. The summed E-state index contributed by atoms with van der Waals surface area (Å²) in [5.41, 5.74) is 1.60. The van der Waals surface area contributed by atoms with Crippen molar-refractivity contribution in [2.75, 3.05) is 40.3 Å². The van der Waals surface area contributed by atoms with Crippen molar-refractivity contribution in [3.05, 3.63) is 24.0 Å². The molecule has 1 aromatic carbocycles. The predicted molar refractivity (Wildman–Crippen MR) is 130 cm³/mol. The van der Waals surface area contributed by atoms with E-state index in [0.29, 0.717) is 24.4 Å². The van der Waals surface area contributed by atoms with E-state index in [1.165, 1.54) is 44.3 Å². The molecule has 0 N–H and O–H groups in total. The Labute approximate surface area is 197 Å². The second-order valence-electron chi connectivity index (χ2n) is 9.50. The van der Waals surface area contributed by atoms with Gasteiger partial charge in [0, 0.05) is 52.6 Å². The second-order valence-corrected chi connectivity index (χ2v) is 11.6. The summed E-state index contributed by atoms with van der Waals surface area (Å²) in [7, 11) is -0.457. The number of unbranched alkanes of at least 4 members (excludes halogenated alkanes) is 1. The zero-order valence-electron chi connectivity index (χ0n) is 20.2. The summed E-state index contributed by atoms with van der Waals surface area (Å²) in [6.45, 7) is 6.99. The van der Waals surface area contributed by atoms with Gasteiger partial charge in [0.25, 0.3) is 0 Å². The lowest BCUT2D eigenvalue weighted by Gasteiger charge is -2.23. The quantitative estimate of drug-likeness (QED) is 0.557. The summed E-state index contributed by atoms with van der Waals surface area (Å²) in [5.74, 6) is 1.06. The molecule has 2 aliphatic rings. The van der Waals surface area contributed by atoms with E-state index >= 15 is 0 Å². The third kappa shape index (κ3) is 5.10. The Morgan fingerprint density at radius 1 is 1.18 bits per heavy atom. The van der Waals surface area contributed by atoms with Crippen LogP contribution in [0.5, 0.6) is 0 Å². The van der Waals surface area contributed by atoms with Crippen molar-refractivity contribution in [1.82, 2.24) is 23.7 Å². The number of hydrogen-bond acceptors (Lipinski definition) is 5. The number of benzene rings is 1. The topological polar surface area (TPSA) is 78.8 Å². The molecule has 0 unspecified atom stereocenters.